The van der Waals surface area contributed by atoms with E-state index in [0.717, 1.165) is 49.4 Å². The molecule has 0 heterocycles. The maximum Gasteiger partial charge on any atom is 0.0628 e. The fourth-order valence-corrected chi connectivity index (χ4v) is 9.55. The van der Waals surface area contributed by atoms with Crippen LogP contribution in [0.15, 0.2) is 11.6 Å². The van der Waals surface area contributed by atoms with Crippen LogP contribution in [-0.4, -0.2) is 22.4 Å². The van der Waals surface area contributed by atoms with E-state index in [0.29, 0.717) is 17.3 Å². The average Bonchev–Trinajstić information content (AvgIpc) is 3.01. The molecule has 9 atom stereocenters. The molecule has 4 aliphatic rings. The van der Waals surface area contributed by atoms with E-state index in [4.69, 9.17) is 0 Å². The number of hydrogen-bond acceptors (Lipinski definition) is 2. The molecule has 0 unspecified atom stereocenters. The second kappa shape index (κ2) is 8.15. The second-order valence-electron chi connectivity index (χ2n) is 13.6. The Bertz CT molecular complexity index is 693. The van der Waals surface area contributed by atoms with Crippen LogP contribution < -0.4 is 0 Å². The standard InChI is InChI=1S/C29H50O2/c1-18(2)9-8-10-19(3)21-12-13-22-20-11-14-24-27(4,5)25(31)15-16-28(24,6)26(20)23(30)17-29(21,22)7/h14,18-23,25-26,30-31H,8-13,15-17H2,1-7H3/t19-,20+,21-,22+,23-,25+,26-,28+,29-/m1/s1. The summed E-state index contributed by atoms with van der Waals surface area (Å²) in [5, 5.41) is 22.5. The van der Waals surface area contributed by atoms with Crippen molar-refractivity contribution in [2.75, 3.05) is 0 Å². The highest BCUT2D eigenvalue weighted by Gasteiger charge is 2.63. The van der Waals surface area contributed by atoms with Crippen molar-refractivity contribution in [3.05, 3.63) is 11.6 Å². The molecule has 0 aliphatic heterocycles. The molecule has 0 radical (unpaired) electrons. The van der Waals surface area contributed by atoms with Crippen LogP contribution in [0.3, 0.4) is 0 Å². The second-order valence-corrected chi connectivity index (χ2v) is 13.6. The molecule has 2 N–H and O–H groups in total. The lowest BCUT2D eigenvalue weighted by Gasteiger charge is -2.62. The summed E-state index contributed by atoms with van der Waals surface area (Å²) in [7, 11) is 0. The first-order chi connectivity index (χ1) is 14.4. The highest BCUT2D eigenvalue weighted by molar-refractivity contribution is 5.32. The first-order valence-electron chi connectivity index (χ1n) is 13.5. The number of fused-ring (bicyclic) bond motifs is 5. The Morgan fingerprint density at radius 1 is 1.00 bits per heavy atom. The zero-order valence-corrected chi connectivity index (χ0v) is 21.5. The summed E-state index contributed by atoms with van der Waals surface area (Å²) >= 11 is 0. The van der Waals surface area contributed by atoms with Gasteiger partial charge < -0.3 is 10.2 Å². The molecule has 178 valence electrons. The van der Waals surface area contributed by atoms with Gasteiger partial charge in [0.1, 0.15) is 0 Å². The number of rotatable bonds is 5. The summed E-state index contributed by atoms with van der Waals surface area (Å²) in [6.45, 7) is 16.6. The molecular weight excluding hydrogens is 380 g/mol. The summed E-state index contributed by atoms with van der Waals surface area (Å²) in [5.74, 6) is 4.07. The van der Waals surface area contributed by atoms with Crippen LogP contribution in [0, 0.1) is 51.8 Å². The topological polar surface area (TPSA) is 40.5 Å². The minimum absolute atomic E-state index is 0.0490. The van der Waals surface area contributed by atoms with Crippen molar-refractivity contribution in [1.29, 1.82) is 0 Å². The molecule has 2 nitrogen and oxygen atoms in total. The first kappa shape index (κ1) is 23.8. The molecule has 0 spiro atoms. The summed E-state index contributed by atoms with van der Waals surface area (Å²) in [4.78, 5) is 0. The number of hydrogen-bond donors (Lipinski definition) is 2. The van der Waals surface area contributed by atoms with E-state index in [1.165, 1.54) is 37.7 Å². The lowest BCUT2D eigenvalue weighted by Crippen LogP contribution is -2.59. The van der Waals surface area contributed by atoms with Gasteiger partial charge in [0.25, 0.3) is 0 Å². The number of allylic oxidation sites excluding steroid dienone is 1. The third-order valence-electron chi connectivity index (χ3n) is 11.1. The first-order valence-corrected chi connectivity index (χ1v) is 13.5. The quantitative estimate of drug-likeness (QED) is 0.461. The van der Waals surface area contributed by atoms with Crippen LogP contribution in [-0.2, 0) is 0 Å². The Hall–Kier alpha value is -0.340. The van der Waals surface area contributed by atoms with E-state index < -0.39 is 0 Å². The molecule has 2 heteroatoms. The SMILES string of the molecule is CC(C)CCC[C@@H](C)[C@H]1CC[C@H]2[C@@H]3CC=C4C(C)(C)[C@@H](O)CC[C@]4(C)[C@H]3[C@H](O)C[C@]12C. The highest BCUT2D eigenvalue weighted by Crippen LogP contribution is 2.68. The maximum absolute atomic E-state index is 11.7. The van der Waals surface area contributed by atoms with Crippen molar-refractivity contribution < 1.29 is 10.2 Å². The molecule has 4 aliphatic carbocycles. The van der Waals surface area contributed by atoms with Gasteiger partial charge in [0, 0.05) is 5.41 Å². The summed E-state index contributed by atoms with van der Waals surface area (Å²) in [6.07, 6.45) is 12.8. The lowest BCUT2D eigenvalue weighted by molar-refractivity contribution is -0.139. The summed E-state index contributed by atoms with van der Waals surface area (Å²) in [6, 6.07) is 0. The summed E-state index contributed by atoms with van der Waals surface area (Å²) in [5.41, 5.74) is 1.62. The Morgan fingerprint density at radius 3 is 2.39 bits per heavy atom. The smallest absolute Gasteiger partial charge is 0.0628 e. The normalized spacial score (nSPS) is 47.4. The maximum atomic E-state index is 11.7. The van der Waals surface area contributed by atoms with Crippen LogP contribution in [0.2, 0.25) is 0 Å². The molecule has 0 aromatic rings. The Balaban J connectivity index is 1.59. The molecule has 0 aromatic carbocycles. The van der Waals surface area contributed by atoms with Gasteiger partial charge >= 0.3 is 0 Å². The van der Waals surface area contributed by atoms with Crippen molar-refractivity contribution in [3.63, 3.8) is 0 Å². The highest BCUT2D eigenvalue weighted by atomic mass is 16.3. The van der Waals surface area contributed by atoms with Gasteiger partial charge in [0.2, 0.25) is 0 Å². The van der Waals surface area contributed by atoms with E-state index in [2.05, 4.69) is 54.5 Å². The van der Waals surface area contributed by atoms with Crippen molar-refractivity contribution >= 4 is 0 Å². The van der Waals surface area contributed by atoms with Gasteiger partial charge in [-0.3, -0.25) is 0 Å². The van der Waals surface area contributed by atoms with E-state index in [1.807, 2.05) is 0 Å². The minimum atomic E-state index is -0.253. The van der Waals surface area contributed by atoms with E-state index in [-0.39, 0.29) is 23.0 Å². The molecule has 0 bridgehead atoms. The molecule has 3 fully saturated rings. The van der Waals surface area contributed by atoms with Crippen LogP contribution >= 0.6 is 0 Å². The van der Waals surface area contributed by atoms with E-state index >= 15 is 0 Å². The van der Waals surface area contributed by atoms with Crippen molar-refractivity contribution in [2.24, 2.45) is 51.8 Å². The van der Waals surface area contributed by atoms with Crippen LogP contribution in [0.25, 0.3) is 0 Å². The Morgan fingerprint density at radius 2 is 1.71 bits per heavy atom. The largest absolute Gasteiger partial charge is 0.393 e. The van der Waals surface area contributed by atoms with Crippen molar-refractivity contribution in [2.45, 2.75) is 118 Å². The fourth-order valence-electron chi connectivity index (χ4n) is 9.55. The van der Waals surface area contributed by atoms with Gasteiger partial charge in [0.05, 0.1) is 12.2 Å². The zero-order chi connectivity index (χ0) is 22.8. The zero-order valence-electron chi connectivity index (χ0n) is 21.5. The molecule has 31 heavy (non-hydrogen) atoms. The molecule has 0 saturated heterocycles. The Labute approximate surface area is 192 Å². The van der Waals surface area contributed by atoms with Crippen molar-refractivity contribution in [3.8, 4) is 0 Å². The van der Waals surface area contributed by atoms with Crippen LogP contribution in [0.4, 0.5) is 0 Å². The van der Waals surface area contributed by atoms with E-state index in [1.54, 1.807) is 0 Å². The van der Waals surface area contributed by atoms with Gasteiger partial charge in [-0.15, -0.1) is 0 Å². The third kappa shape index (κ3) is 3.67. The predicted octanol–water partition coefficient (Wildman–Crippen LogP) is 7.00. The number of aliphatic hydroxyl groups is 2. The monoisotopic (exact) mass is 430 g/mol. The van der Waals surface area contributed by atoms with Gasteiger partial charge in [-0.1, -0.05) is 79.4 Å². The molecule has 3 saturated carbocycles. The van der Waals surface area contributed by atoms with Gasteiger partial charge in [-0.25, -0.2) is 0 Å². The summed E-state index contributed by atoms with van der Waals surface area (Å²) < 4.78 is 0. The molecule has 4 rings (SSSR count). The third-order valence-corrected chi connectivity index (χ3v) is 11.1. The van der Waals surface area contributed by atoms with Gasteiger partial charge in [-0.2, -0.15) is 0 Å². The predicted molar refractivity (Wildman–Crippen MR) is 130 cm³/mol. The van der Waals surface area contributed by atoms with Crippen molar-refractivity contribution in [1.82, 2.24) is 0 Å². The van der Waals surface area contributed by atoms with E-state index in [9.17, 15) is 10.2 Å². The van der Waals surface area contributed by atoms with Gasteiger partial charge in [0.15, 0.2) is 0 Å². The molecule has 0 aromatic heterocycles. The number of aliphatic hydroxyl groups excluding tert-OH is 2. The molecule has 0 amide bonds. The fraction of sp³-hybridized carbons (Fsp3) is 0.931. The minimum Gasteiger partial charge on any atom is -0.393 e. The average molecular weight is 431 g/mol. The van der Waals surface area contributed by atoms with Gasteiger partial charge in [-0.05, 0) is 84.9 Å². The lowest BCUT2D eigenvalue weighted by atomic mass is 9.43. The van der Waals surface area contributed by atoms with Crippen LogP contribution in [0.1, 0.15) is 106 Å². The van der Waals surface area contributed by atoms with Crippen LogP contribution in [0.5, 0.6) is 0 Å². The molecular formula is C29H50O2. The Kier molecular flexibility index (Phi) is 6.26.